The van der Waals surface area contributed by atoms with E-state index in [2.05, 4.69) is 13.8 Å². The quantitative estimate of drug-likeness (QED) is 0.299. The fourth-order valence-corrected chi connectivity index (χ4v) is 2.95. The second-order valence-corrected chi connectivity index (χ2v) is 7.56. The third-order valence-electron chi connectivity index (χ3n) is 5.12. The summed E-state index contributed by atoms with van der Waals surface area (Å²) in [7, 11) is 0. The van der Waals surface area contributed by atoms with Gasteiger partial charge in [0.05, 0.1) is 24.3 Å². The van der Waals surface area contributed by atoms with Gasteiger partial charge in [0.2, 0.25) is 0 Å². The molecular weight excluding hydrogens is 404 g/mol. The number of ether oxygens (including phenoxy) is 3. The van der Waals surface area contributed by atoms with Crippen LogP contribution in [0.3, 0.4) is 0 Å². The molecule has 0 aliphatic carbocycles. The summed E-state index contributed by atoms with van der Waals surface area (Å²) in [6.45, 7) is 7.02. The predicted molar refractivity (Wildman–Crippen MR) is 124 cm³/mol. The van der Waals surface area contributed by atoms with E-state index in [1.54, 1.807) is 48.5 Å². The number of hydrogen-bond donors (Lipinski definition) is 0. The van der Waals surface area contributed by atoms with Gasteiger partial charge < -0.3 is 14.2 Å². The molecule has 0 aliphatic heterocycles. The molecule has 5 nitrogen and oxygen atoms in total. The number of rotatable bonds is 9. The van der Waals surface area contributed by atoms with E-state index in [1.165, 1.54) is 0 Å². The Bertz CT molecular complexity index is 1020. The molecule has 0 spiro atoms. The van der Waals surface area contributed by atoms with Gasteiger partial charge in [0.15, 0.2) is 0 Å². The summed E-state index contributed by atoms with van der Waals surface area (Å²) in [5.41, 5.74) is 2.88. The van der Waals surface area contributed by atoms with Crippen molar-refractivity contribution in [3.8, 4) is 22.6 Å². The lowest BCUT2D eigenvalue weighted by Crippen LogP contribution is -2.11. The van der Waals surface area contributed by atoms with Gasteiger partial charge in [-0.05, 0) is 72.5 Å². The molecule has 0 N–H and O–H groups in total. The molecule has 0 radical (unpaired) electrons. The lowest BCUT2D eigenvalue weighted by molar-refractivity contribution is 0.0447. The van der Waals surface area contributed by atoms with Gasteiger partial charge in [0.25, 0.3) is 0 Å². The van der Waals surface area contributed by atoms with Gasteiger partial charge in [-0.1, -0.05) is 44.5 Å². The molecule has 0 fully saturated rings. The fraction of sp³-hybridized carbons (Fsp3) is 0.259. The summed E-state index contributed by atoms with van der Waals surface area (Å²) in [4.78, 5) is 24.5. The summed E-state index contributed by atoms with van der Waals surface area (Å²) < 4.78 is 16.2. The first kappa shape index (κ1) is 23.1. The average molecular weight is 433 g/mol. The van der Waals surface area contributed by atoms with Crippen molar-refractivity contribution >= 4 is 11.9 Å². The highest BCUT2D eigenvalue weighted by Gasteiger charge is 2.11. The van der Waals surface area contributed by atoms with Gasteiger partial charge in [0, 0.05) is 0 Å². The maximum Gasteiger partial charge on any atom is 0.343 e. The molecule has 3 aromatic rings. The first-order valence-corrected chi connectivity index (χ1v) is 10.8. The van der Waals surface area contributed by atoms with Crippen molar-refractivity contribution in [3.63, 3.8) is 0 Å². The first-order valence-electron chi connectivity index (χ1n) is 10.8. The highest BCUT2D eigenvalue weighted by atomic mass is 16.5. The molecule has 0 heterocycles. The van der Waals surface area contributed by atoms with E-state index in [0.717, 1.165) is 17.5 Å². The van der Waals surface area contributed by atoms with E-state index in [4.69, 9.17) is 14.2 Å². The summed E-state index contributed by atoms with van der Waals surface area (Å²) in [6, 6.07) is 21.3. The van der Waals surface area contributed by atoms with Crippen molar-refractivity contribution in [1.29, 1.82) is 0 Å². The van der Waals surface area contributed by atoms with Crippen LogP contribution >= 0.6 is 0 Å². The van der Waals surface area contributed by atoms with Gasteiger partial charge in [-0.2, -0.15) is 0 Å². The molecule has 0 amide bonds. The molecule has 3 rings (SSSR count). The van der Waals surface area contributed by atoms with Gasteiger partial charge in [-0.15, -0.1) is 0 Å². The maximum atomic E-state index is 12.3. The third kappa shape index (κ3) is 6.20. The Hall–Kier alpha value is -3.60. The smallest absolute Gasteiger partial charge is 0.343 e. The molecular formula is C27H28O5. The number of hydrogen-bond acceptors (Lipinski definition) is 5. The summed E-state index contributed by atoms with van der Waals surface area (Å²) >= 11 is 0. The highest BCUT2D eigenvalue weighted by Crippen LogP contribution is 2.24. The molecule has 32 heavy (non-hydrogen) atoms. The van der Waals surface area contributed by atoms with Crippen molar-refractivity contribution in [2.45, 2.75) is 27.2 Å². The second kappa shape index (κ2) is 11.1. The normalized spacial score (nSPS) is 11.5. The highest BCUT2D eigenvalue weighted by molar-refractivity contribution is 5.91. The summed E-state index contributed by atoms with van der Waals surface area (Å²) in [5, 5.41) is 0. The third-order valence-corrected chi connectivity index (χ3v) is 5.12. The predicted octanol–water partition coefficient (Wildman–Crippen LogP) is 6.17. The van der Waals surface area contributed by atoms with Gasteiger partial charge in [-0.3, -0.25) is 0 Å². The molecule has 0 saturated carbocycles. The van der Waals surface area contributed by atoms with E-state index in [9.17, 15) is 9.59 Å². The minimum absolute atomic E-state index is 0.312. The molecule has 0 bridgehead atoms. The minimum atomic E-state index is -0.430. The Morgan fingerprint density at radius 1 is 0.719 bits per heavy atom. The molecule has 1 unspecified atom stereocenters. The monoisotopic (exact) mass is 432 g/mol. The Kier molecular flexibility index (Phi) is 8.03. The van der Waals surface area contributed by atoms with Crippen LogP contribution in [0.1, 0.15) is 47.9 Å². The molecule has 1 atom stereocenters. The molecule has 166 valence electrons. The van der Waals surface area contributed by atoms with Crippen molar-refractivity contribution in [2.24, 2.45) is 5.92 Å². The Balaban J connectivity index is 1.60. The SMILES string of the molecule is CCOc1ccc(C(=O)Oc2ccc(-c3ccc(C(=O)OCC(C)CC)cc3)cc2)cc1. The van der Waals surface area contributed by atoms with Crippen LogP contribution in [0.15, 0.2) is 72.8 Å². The Labute approximate surface area is 188 Å². The molecule has 0 aromatic heterocycles. The van der Waals surface area contributed by atoms with E-state index < -0.39 is 5.97 Å². The largest absolute Gasteiger partial charge is 0.494 e. The van der Waals surface area contributed by atoms with Crippen LogP contribution < -0.4 is 9.47 Å². The van der Waals surface area contributed by atoms with Gasteiger partial charge in [-0.25, -0.2) is 9.59 Å². The first-order chi connectivity index (χ1) is 15.5. The Morgan fingerprint density at radius 2 is 1.22 bits per heavy atom. The zero-order chi connectivity index (χ0) is 22.9. The number of carbonyl (C=O) groups is 2. The zero-order valence-electron chi connectivity index (χ0n) is 18.7. The van der Waals surface area contributed by atoms with E-state index in [0.29, 0.717) is 41.8 Å². The van der Waals surface area contributed by atoms with Crippen LogP contribution in [0.25, 0.3) is 11.1 Å². The van der Waals surface area contributed by atoms with Crippen molar-refractivity contribution in [3.05, 3.63) is 83.9 Å². The maximum absolute atomic E-state index is 12.3. The summed E-state index contributed by atoms with van der Waals surface area (Å²) in [6.07, 6.45) is 0.970. The molecule has 3 aromatic carbocycles. The zero-order valence-corrected chi connectivity index (χ0v) is 18.7. The van der Waals surface area contributed by atoms with Crippen molar-refractivity contribution in [2.75, 3.05) is 13.2 Å². The van der Waals surface area contributed by atoms with Crippen LogP contribution in [0, 0.1) is 5.92 Å². The standard InChI is InChI=1S/C27H28O5/c1-4-19(3)18-31-26(28)22-8-6-20(7-9-22)21-10-16-25(17-11-21)32-27(29)23-12-14-24(15-13-23)30-5-2/h6-17,19H,4-5,18H2,1-3H3. The number of esters is 2. The van der Waals surface area contributed by atoms with Crippen LogP contribution in [0.5, 0.6) is 11.5 Å². The summed E-state index contributed by atoms with van der Waals surface area (Å²) in [5.74, 6) is 0.774. The number of benzene rings is 3. The van der Waals surface area contributed by atoms with Crippen molar-refractivity contribution < 1.29 is 23.8 Å². The lowest BCUT2D eigenvalue weighted by Gasteiger charge is -2.10. The number of carbonyl (C=O) groups excluding carboxylic acids is 2. The van der Waals surface area contributed by atoms with E-state index in [1.807, 2.05) is 31.2 Å². The fourth-order valence-electron chi connectivity index (χ4n) is 2.95. The molecule has 5 heteroatoms. The second-order valence-electron chi connectivity index (χ2n) is 7.56. The molecule has 0 aliphatic rings. The average Bonchev–Trinajstić information content (AvgIpc) is 2.83. The molecule has 0 saturated heterocycles. The topological polar surface area (TPSA) is 61.8 Å². The van der Waals surface area contributed by atoms with E-state index in [-0.39, 0.29) is 5.97 Å². The lowest BCUT2D eigenvalue weighted by atomic mass is 10.0. The van der Waals surface area contributed by atoms with Crippen LogP contribution in [-0.2, 0) is 4.74 Å². The Morgan fingerprint density at radius 3 is 1.78 bits per heavy atom. The van der Waals surface area contributed by atoms with Gasteiger partial charge >= 0.3 is 11.9 Å². The van der Waals surface area contributed by atoms with Crippen LogP contribution in [0.4, 0.5) is 0 Å². The van der Waals surface area contributed by atoms with Crippen LogP contribution in [0.2, 0.25) is 0 Å². The minimum Gasteiger partial charge on any atom is -0.494 e. The van der Waals surface area contributed by atoms with Crippen molar-refractivity contribution in [1.82, 2.24) is 0 Å². The van der Waals surface area contributed by atoms with Crippen LogP contribution in [-0.4, -0.2) is 25.2 Å². The van der Waals surface area contributed by atoms with Gasteiger partial charge in [0.1, 0.15) is 11.5 Å². The van der Waals surface area contributed by atoms with E-state index >= 15 is 0 Å².